The monoisotopic (exact) mass is 443 g/mol. The van der Waals surface area contributed by atoms with Crippen molar-refractivity contribution < 1.29 is 18.0 Å². The molecule has 0 aromatic heterocycles. The van der Waals surface area contributed by atoms with E-state index < -0.39 is 10.0 Å². The Labute approximate surface area is 183 Å². The van der Waals surface area contributed by atoms with Crippen LogP contribution in [0.2, 0.25) is 0 Å². The Hall–Kier alpha value is -2.87. The molecule has 0 aliphatic carbocycles. The van der Waals surface area contributed by atoms with Crippen molar-refractivity contribution in [2.24, 2.45) is 5.92 Å². The Bertz CT molecular complexity index is 1100. The lowest BCUT2D eigenvalue weighted by Crippen LogP contribution is -2.39. The van der Waals surface area contributed by atoms with E-state index in [1.54, 1.807) is 36.1 Å². The molecule has 0 spiro atoms. The summed E-state index contributed by atoms with van der Waals surface area (Å²) in [5.41, 5.74) is 2.39. The fraction of sp³-hybridized carbons (Fsp3) is 0.391. The minimum atomic E-state index is -3.84. The number of anilines is 1. The molecule has 2 aromatic carbocycles. The van der Waals surface area contributed by atoms with Crippen LogP contribution in [0.1, 0.15) is 41.8 Å². The maximum absolute atomic E-state index is 12.9. The van der Waals surface area contributed by atoms with E-state index in [9.17, 15) is 18.0 Å². The molecule has 1 fully saturated rings. The maximum atomic E-state index is 12.9. The highest BCUT2D eigenvalue weighted by atomic mass is 32.2. The number of amides is 2. The van der Waals surface area contributed by atoms with Gasteiger partial charge in [0, 0.05) is 36.3 Å². The van der Waals surface area contributed by atoms with Gasteiger partial charge in [-0.2, -0.15) is 0 Å². The molecule has 1 saturated heterocycles. The van der Waals surface area contributed by atoms with Crippen LogP contribution >= 0.6 is 0 Å². The summed E-state index contributed by atoms with van der Waals surface area (Å²) in [6.45, 7) is 8.43. The van der Waals surface area contributed by atoms with Crippen molar-refractivity contribution in [3.8, 4) is 0 Å². The number of nitrogens with zero attached hydrogens (tertiary/aromatic N) is 1. The van der Waals surface area contributed by atoms with Crippen molar-refractivity contribution in [3.63, 3.8) is 0 Å². The molecule has 7 nitrogen and oxygen atoms in total. The topological polar surface area (TPSA) is 95.6 Å². The van der Waals surface area contributed by atoms with E-state index in [1.165, 1.54) is 12.1 Å². The normalized spacial score (nSPS) is 16.4. The van der Waals surface area contributed by atoms with Crippen LogP contribution in [0.3, 0.4) is 0 Å². The fourth-order valence-electron chi connectivity index (χ4n) is 3.64. The molecule has 31 heavy (non-hydrogen) atoms. The van der Waals surface area contributed by atoms with Crippen molar-refractivity contribution in [1.29, 1.82) is 0 Å². The SMILES string of the molecule is Cc1cccc(NS(=O)(=O)c2ccc(C)c(C(=O)N[C@H]3CCN(C(=O)C(C)C)C3)c2)c1. The van der Waals surface area contributed by atoms with Crippen molar-refractivity contribution in [1.82, 2.24) is 10.2 Å². The molecular formula is C23H29N3O4S. The molecule has 1 heterocycles. The summed E-state index contributed by atoms with van der Waals surface area (Å²) in [6.07, 6.45) is 0.677. The number of sulfonamides is 1. The van der Waals surface area contributed by atoms with Gasteiger partial charge < -0.3 is 10.2 Å². The van der Waals surface area contributed by atoms with Crippen LogP contribution in [0.15, 0.2) is 47.4 Å². The van der Waals surface area contributed by atoms with E-state index in [4.69, 9.17) is 0 Å². The molecule has 2 amide bonds. The average molecular weight is 444 g/mol. The number of aryl methyl sites for hydroxylation is 2. The van der Waals surface area contributed by atoms with Crippen LogP contribution in [0.5, 0.6) is 0 Å². The third-order valence-corrected chi connectivity index (χ3v) is 6.74. The smallest absolute Gasteiger partial charge is 0.261 e. The summed E-state index contributed by atoms with van der Waals surface area (Å²) >= 11 is 0. The van der Waals surface area contributed by atoms with Gasteiger partial charge in [-0.15, -0.1) is 0 Å². The third-order valence-electron chi connectivity index (χ3n) is 5.36. The zero-order valence-corrected chi connectivity index (χ0v) is 19.1. The first-order valence-electron chi connectivity index (χ1n) is 10.4. The lowest BCUT2D eigenvalue weighted by atomic mass is 10.1. The largest absolute Gasteiger partial charge is 0.347 e. The summed E-state index contributed by atoms with van der Waals surface area (Å²) in [7, 11) is -3.84. The zero-order chi connectivity index (χ0) is 22.8. The average Bonchev–Trinajstić information content (AvgIpc) is 3.15. The van der Waals surface area contributed by atoms with Crippen LogP contribution in [-0.2, 0) is 14.8 Å². The van der Waals surface area contributed by atoms with Crippen molar-refractivity contribution in [3.05, 3.63) is 59.2 Å². The first-order chi connectivity index (χ1) is 14.6. The van der Waals surface area contributed by atoms with E-state index in [1.807, 2.05) is 26.8 Å². The molecule has 0 radical (unpaired) electrons. The maximum Gasteiger partial charge on any atom is 0.261 e. The predicted molar refractivity (Wildman–Crippen MR) is 120 cm³/mol. The molecule has 3 rings (SSSR count). The number of hydrogen-bond donors (Lipinski definition) is 2. The zero-order valence-electron chi connectivity index (χ0n) is 18.3. The molecule has 1 aliphatic rings. The third kappa shape index (κ3) is 5.44. The quantitative estimate of drug-likeness (QED) is 0.717. The Balaban J connectivity index is 1.75. The summed E-state index contributed by atoms with van der Waals surface area (Å²) < 4.78 is 28.2. The first-order valence-corrected chi connectivity index (χ1v) is 11.8. The Morgan fingerprint density at radius 1 is 1.10 bits per heavy atom. The van der Waals surface area contributed by atoms with Gasteiger partial charge in [-0.05, 0) is 55.7 Å². The van der Waals surface area contributed by atoms with Crippen molar-refractivity contribution >= 4 is 27.5 Å². The van der Waals surface area contributed by atoms with Gasteiger partial charge >= 0.3 is 0 Å². The lowest BCUT2D eigenvalue weighted by Gasteiger charge is -2.19. The summed E-state index contributed by atoms with van der Waals surface area (Å²) in [4.78, 5) is 26.8. The Morgan fingerprint density at radius 3 is 2.52 bits per heavy atom. The second-order valence-electron chi connectivity index (χ2n) is 8.35. The van der Waals surface area contributed by atoms with Gasteiger partial charge in [0.05, 0.1) is 4.90 Å². The Kier molecular flexibility index (Phi) is 6.69. The summed E-state index contributed by atoms with van der Waals surface area (Å²) in [5.74, 6) is -0.350. The van der Waals surface area contributed by atoms with Gasteiger partial charge in [-0.25, -0.2) is 8.42 Å². The minimum Gasteiger partial charge on any atom is -0.347 e. The van der Waals surface area contributed by atoms with Gasteiger partial charge in [0.25, 0.3) is 15.9 Å². The highest BCUT2D eigenvalue weighted by Crippen LogP contribution is 2.21. The van der Waals surface area contributed by atoms with E-state index in [0.717, 1.165) is 5.56 Å². The van der Waals surface area contributed by atoms with E-state index in [2.05, 4.69) is 10.0 Å². The van der Waals surface area contributed by atoms with Gasteiger partial charge in [-0.1, -0.05) is 32.0 Å². The molecule has 0 unspecified atom stereocenters. The second-order valence-corrected chi connectivity index (χ2v) is 10.0. The van der Waals surface area contributed by atoms with Gasteiger partial charge in [0.2, 0.25) is 5.91 Å². The van der Waals surface area contributed by atoms with Crippen molar-refractivity contribution in [2.75, 3.05) is 17.8 Å². The standard InChI is InChI=1S/C23H29N3O4S/c1-15(2)23(28)26-11-10-19(14-26)24-22(27)21-13-20(9-8-17(21)4)31(29,30)25-18-7-5-6-16(3)12-18/h5-9,12-13,15,19,25H,10-11,14H2,1-4H3,(H,24,27)/t19-/m0/s1. The number of benzene rings is 2. The molecule has 1 atom stereocenters. The number of hydrogen-bond acceptors (Lipinski definition) is 4. The van der Waals surface area contributed by atoms with E-state index in [0.29, 0.717) is 36.3 Å². The number of rotatable bonds is 6. The number of nitrogens with one attached hydrogen (secondary N) is 2. The molecule has 2 N–H and O–H groups in total. The number of likely N-dealkylation sites (tertiary alicyclic amines) is 1. The molecule has 0 bridgehead atoms. The molecule has 2 aromatic rings. The lowest BCUT2D eigenvalue weighted by molar-refractivity contribution is -0.133. The minimum absolute atomic E-state index is 0.0211. The Morgan fingerprint density at radius 2 is 1.84 bits per heavy atom. The van der Waals surface area contributed by atoms with Crippen LogP contribution in [-0.4, -0.2) is 44.3 Å². The molecule has 0 saturated carbocycles. The van der Waals surface area contributed by atoms with Gasteiger partial charge in [-0.3, -0.25) is 14.3 Å². The fourth-order valence-corrected chi connectivity index (χ4v) is 4.72. The highest BCUT2D eigenvalue weighted by molar-refractivity contribution is 7.92. The van der Waals surface area contributed by atoms with Gasteiger partial charge in [0.1, 0.15) is 0 Å². The summed E-state index contributed by atoms with van der Waals surface area (Å²) in [5, 5.41) is 2.95. The van der Waals surface area contributed by atoms with Crippen LogP contribution in [0.25, 0.3) is 0 Å². The summed E-state index contributed by atoms with van der Waals surface area (Å²) in [6, 6.07) is 11.4. The van der Waals surface area contributed by atoms with Gasteiger partial charge in [0.15, 0.2) is 0 Å². The van der Waals surface area contributed by atoms with E-state index >= 15 is 0 Å². The van der Waals surface area contributed by atoms with Crippen molar-refractivity contribution in [2.45, 2.75) is 45.1 Å². The van der Waals surface area contributed by atoms with Crippen LogP contribution in [0.4, 0.5) is 5.69 Å². The molecule has 8 heteroatoms. The van der Waals surface area contributed by atoms with Crippen LogP contribution < -0.4 is 10.0 Å². The molecular weight excluding hydrogens is 414 g/mol. The molecule has 166 valence electrons. The number of carbonyl (C=O) groups is 2. The van der Waals surface area contributed by atoms with Crippen LogP contribution in [0, 0.1) is 19.8 Å². The highest BCUT2D eigenvalue weighted by Gasteiger charge is 2.29. The number of carbonyl (C=O) groups excluding carboxylic acids is 2. The second kappa shape index (κ2) is 9.09. The predicted octanol–water partition coefficient (Wildman–Crippen LogP) is 3.09. The molecule has 1 aliphatic heterocycles. The van der Waals surface area contributed by atoms with E-state index in [-0.39, 0.29) is 28.7 Å². The first kappa shape index (κ1) is 22.8.